The summed E-state index contributed by atoms with van der Waals surface area (Å²) in [5.41, 5.74) is 9.39. The highest BCUT2D eigenvalue weighted by atomic mass is 15.0. The number of benzene rings is 8. The van der Waals surface area contributed by atoms with Crippen LogP contribution in [0.5, 0.6) is 0 Å². The van der Waals surface area contributed by atoms with Crippen molar-refractivity contribution in [2.45, 2.75) is 0 Å². The third kappa shape index (κ3) is 4.37. The molecule has 49 heavy (non-hydrogen) atoms. The van der Waals surface area contributed by atoms with Crippen LogP contribution in [0.1, 0.15) is 0 Å². The SMILES string of the molecule is c1ccc(-c2nc(-c3cccc(-c4ccc5c6ccccc6c6ccccc6c5c4)c3)nc3c4ccccc4n(-c4ccccc4)c23)cc1. The van der Waals surface area contributed by atoms with E-state index in [0.29, 0.717) is 5.82 Å². The first-order chi connectivity index (χ1) is 24.3. The van der Waals surface area contributed by atoms with Gasteiger partial charge >= 0.3 is 0 Å². The van der Waals surface area contributed by atoms with Gasteiger partial charge in [-0.3, -0.25) is 0 Å². The standard InChI is InChI=1S/C46H29N3/c1-3-14-30(15-4-1)43-45-44(40-24-11-12-25-42(40)49(45)34-18-5-2-6-19-34)48-46(47-43)33-17-13-16-31(28-33)32-26-27-39-37-22-8-7-20-35(37)36-21-9-10-23-38(36)41(39)29-32/h1-29H. The predicted octanol–water partition coefficient (Wildman–Crippen LogP) is 12.0. The van der Waals surface area contributed by atoms with Crippen LogP contribution in [0.25, 0.3) is 93.7 Å². The zero-order valence-electron chi connectivity index (χ0n) is 26.6. The average molecular weight is 624 g/mol. The van der Waals surface area contributed by atoms with Gasteiger partial charge in [-0.1, -0.05) is 146 Å². The van der Waals surface area contributed by atoms with E-state index < -0.39 is 0 Å². The molecule has 0 aliphatic heterocycles. The zero-order chi connectivity index (χ0) is 32.3. The van der Waals surface area contributed by atoms with Crippen molar-refractivity contribution < 1.29 is 0 Å². The molecule has 2 aromatic heterocycles. The second kappa shape index (κ2) is 11.0. The van der Waals surface area contributed by atoms with Gasteiger partial charge < -0.3 is 4.57 Å². The minimum Gasteiger partial charge on any atom is -0.306 e. The highest BCUT2D eigenvalue weighted by Gasteiger charge is 2.21. The molecule has 10 rings (SSSR count). The largest absolute Gasteiger partial charge is 0.306 e. The van der Waals surface area contributed by atoms with Crippen molar-refractivity contribution in [2.75, 3.05) is 0 Å². The minimum atomic E-state index is 0.710. The Hall–Kier alpha value is -6.58. The lowest BCUT2D eigenvalue weighted by atomic mass is 9.92. The van der Waals surface area contributed by atoms with E-state index in [9.17, 15) is 0 Å². The fourth-order valence-electron chi connectivity index (χ4n) is 7.54. The van der Waals surface area contributed by atoms with E-state index in [4.69, 9.17) is 9.97 Å². The zero-order valence-corrected chi connectivity index (χ0v) is 26.6. The topological polar surface area (TPSA) is 30.7 Å². The lowest BCUT2D eigenvalue weighted by molar-refractivity contribution is 1.15. The van der Waals surface area contributed by atoms with Gasteiger partial charge in [-0.2, -0.15) is 0 Å². The van der Waals surface area contributed by atoms with E-state index in [1.807, 2.05) is 0 Å². The monoisotopic (exact) mass is 623 g/mol. The summed E-state index contributed by atoms with van der Waals surface area (Å²) in [4.78, 5) is 10.7. The summed E-state index contributed by atoms with van der Waals surface area (Å²) in [6.45, 7) is 0. The Kier molecular flexibility index (Phi) is 6.18. The Labute approximate surface area is 283 Å². The Morgan fingerprint density at radius 2 is 0.878 bits per heavy atom. The number of aromatic nitrogens is 3. The highest BCUT2D eigenvalue weighted by molar-refractivity contribution is 6.25. The van der Waals surface area contributed by atoms with Gasteiger partial charge in [0.1, 0.15) is 5.52 Å². The molecule has 0 unspecified atom stereocenters. The van der Waals surface area contributed by atoms with Crippen molar-refractivity contribution in [2.24, 2.45) is 0 Å². The van der Waals surface area contributed by atoms with E-state index in [2.05, 4.69) is 180 Å². The van der Waals surface area contributed by atoms with Gasteiger partial charge in [-0.05, 0) is 73.8 Å². The molecular formula is C46H29N3. The average Bonchev–Trinajstić information content (AvgIpc) is 3.52. The van der Waals surface area contributed by atoms with Crippen molar-refractivity contribution in [3.63, 3.8) is 0 Å². The number of hydrogen-bond donors (Lipinski definition) is 0. The number of fused-ring (bicyclic) bond motifs is 9. The van der Waals surface area contributed by atoms with Crippen molar-refractivity contribution >= 4 is 54.3 Å². The number of rotatable bonds is 4. The molecule has 0 spiro atoms. The Morgan fingerprint density at radius 1 is 0.347 bits per heavy atom. The Balaban J connectivity index is 1.20. The summed E-state index contributed by atoms with van der Waals surface area (Å²) >= 11 is 0. The highest BCUT2D eigenvalue weighted by Crippen LogP contribution is 2.40. The van der Waals surface area contributed by atoms with Gasteiger partial charge in [0, 0.05) is 22.2 Å². The maximum Gasteiger partial charge on any atom is 0.160 e. The van der Waals surface area contributed by atoms with Gasteiger partial charge in [0.25, 0.3) is 0 Å². The van der Waals surface area contributed by atoms with Crippen LogP contribution in [0.2, 0.25) is 0 Å². The fourth-order valence-corrected chi connectivity index (χ4v) is 7.54. The van der Waals surface area contributed by atoms with Crippen LogP contribution in [0, 0.1) is 0 Å². The molecule has 10 aromatic rings. The molecule has 0 saturated carbocycles. The van der Waals surface area contributed by atoms with Crippen LogP contribution < -0.4 is 0 Å². The van der Waals surface area contributed by atoms with Gasteiger partial charge in [0.15, 0.2) is 5.82 Å². The van der Waals surface area contributed by atoms with E-state index in [-0.39, 0.29) is 0 Å². The van der Waals surface area contributed by atoms with E-state index in [1.54, 1.807) is 0 Å². The minimum absolute atomic E-state index is 0.710. The molecule has 3 nitrogen and oxygen atoms in total. The lowest BCUT2D eigenvalue weighted by Crippen LogP contribution is -1.99. The first-order valence-electron chi connectivity index (χ1n) is 16.7. The van der Waals surface area contributed by atoms with E-state index in [1.165, 1.54) is 37.9 Å². The number of nitrogens with zero attached hydrogens (tertiary/aromatic N) is 3. The van der Waals surface area contributed by atoms with E-state index >= 15 is 0 Å². The van der Waals surface area contributed by atoms with Gasteiger partial charge in [-0.25, -0.2) is 9.97 Å². The van der Waals surface area contributed by atoms with E-state index in [0.717, 1.165) is 50.0 Å². The van der Waals surface area contributed by atoms with Crippen LogP contribution in [0.15, 0.2) is 176 Å². The van der Waals surface area contributed by atoms with Crippen LogP contribution in [0.3, 0.4) is 0 Å². The van der Waals surface area contributed by atoms with Gasteiger partial charge in [0.2, 0.25) is 0 Å². The Morgan fingerprint density at radius 3 is 1.59 bits per heavy atom. The second-order valence-corrected chi connectivity index (χ2v) is 12.6. The smallest absolute Gasteiger partial charge is 0.160 e. The van der Waals surface area contributed by atoms with Crippen molar-refractivity contribution in [3.8, 4) is 39.5 Å². The van der Waals surface area contributed by atoms with Crippen LogP contribution in [0.4, 0.5) is 0 Å². The molecule has 0 aliphatic carbocycles. The lowest BCUT2D eigenvalue weighted by Gasteiger charge is -2.13. The molecule has 0 fully saturated rings. The first kappa shape index (κ1) is 27.5. The molecule has 8 aromatic carbocycles. The predicted molar refractivity (Wildman–Crippen MR) is 205 cm³/mol. The van der Waals surface area contributed by atoms with Crippen molar-refractivity contribution in [1.82, 2.24) is 14.5 Å². The molecule has 0 aliphatic rings. The third-order valence-corrected chi connectivity index (χ3v) is 9.77. The maximum absolute atomic E-state index is 5.35. The quantitative estimate of drug-likeness (QED) is 0.183. The van der Waals surface area contributed by atoms with Crippen LogP contribution >= 0.6 is 0 Å². The Bertz CT molecular complexity index is 2830. The summed E-state index contributed by atoms with van der Waals surface area (Å²) in [6, 6.07) is 62.5. The van der Waals surface area contributed by atoms with Crippen LogP contribution in [-0.4, -0.2) is 14.5 Å². The molecule has 3 heteroatoms. The van der Waals surface area contributed by atoms with Crippen LogP contribution in [-0.2, 0) is 0 Å². The number of hydrogen-bond acceptors (Lipinski definition) is 2. The maximum atomic E-state index is 5.35. The molecule has 0 saturated heterocycles. The van der Waals surface area contributed by atoms with Gasteiger partial charge in [-0.15, -0.1) is 0 Å². The fraction of sp³-hybridized carbons (Fsp3) is 0. The second-order valence-electron chi connectivity index (χ2n) is 12.6. The summed E-state index contributed by atoms with van der Waals surface area (Å²) in [5, 5.41) is 8.75. The first-order valence-corrected chi connectivity index (χ1v) is 16.7. The third-order valence-electron chi connectivity index (χ3n) is 9.77. The summed E-state index contributed by atoms with van der Waals surface area (Å²) in [7, 11) is 0. The molecule has 0 N–H and O–H groups in total. The summed E-state index contributed by atoms with van der Waals surface area (Å²) in [6.07, 6.45) is 0. The summed E-state index contributed by atoms with van der Waals surface area (Å²) in [5.74, 6) is 0.710. The normalized spacial score (nSPS) is 11.7. The molecule has 0 amide bonds. The van der Waals surface area contributed by atoms with Crippen molar-refractivity contribution in [1.29, 1.82) is 0 Å². The number of para-hydroxylation sites is 2. The molecule has 228 valence electrons. The molecule has 2 heterocycles. The molecule has 0 radical (unpaired) electrons. The molecule has 0 atom stereocenters. The van der Waals surface area contributed by atoms with Gasteiger partial charge in [0.05, 0.1) is 16.7 Å². The van der Waals surface area contributed by atoms with Crippen molar-refractivity contribution in [3.05, 3.63) is 176 Å². The summed E-state index contributed by atoms with van der Waals surface area (Å²) < 4.78 is 2.30. The molecule has 0 bridgehead atoms. The molecular weight excluding hydrogens is 595 g/mol.